The number of rotatable bonds is 5. The van der Waals surface area contributed by atoms with Crippen LogP contribution in [0, 0.1) is 0 Å². The lowest BCUT2D eigenvalue weighted by Gasteiger charge is -2.08. The van der Waals surface area contributed by atoms with Gasteiger partial charge in [-0.2, -0.15) is 0 Å². The summed E-state index contributed by atoms with van der Waals surface area (Å²) < 4.78 is 27.0. The molecule has 4 rings (SSSR count). The molecule has 4 aromatic rings. The van der Waals surface area contributed by atoms with Crippen molar-refractivity contribution >= 4 is 49.0 Å². The molecule has 136 valence electrons. The zero-order valence-corrected chi connectivity index (χ0v) is 15.5. The van der Waals surface area contributed by atoms with Gasteiger partial charge in [0.25, 0.3) is 15.9 Å². The summed E-state index contributed by atoms with van der Waals surface area (Å²) in [5.41, 5.74) is 1.88. The van der Waals surface area contributed by atoms with Gasteiger partial charge in [0.05, 0.1) is 4.90 Å². The molecule has 0 unspecified atom stereocenters. The maximum atomic E-state index is 12.4. The Bertz CT molecular complexity index is 1200. The molecule has 0 fully saturated rings. The summed E-state index contributed by atoms with van der Waals surface area (Å²) in [6.45, 7) is 0. The number of carbonyl (C=O) groups is 1. The predicted octanol–water partition coefficient (Wildman–Crippen LogP) is 3.68. The van der Waals surface area contributed by atoms with Gasteiger partial charge in [-0.3, -0.25) is 9.52 Å². The van der Waals surface area contributed by atoms with Crippen LogP contribution in [0.2, 0.25) is 0 Å². The smallest absolute Gasteiger partial charge is 0.263 e. The molecule has 27 heavy (non-hydrogen) atoms. The van der Waals surface area contributed by atoms with Crippen LogP contribution in [0.5, 0.6) is 0 Å². The zero-order chi connectivity index (χ0) is 18.9. The van der Waals surface area contributed by atoms with Crippen LogP contribution >= 0.6 is 11.3 Å². The number of benzene rings is 2. The average molecular weight is 398 g/mol. The first kappa shape index (κ1) is 17.3. The SMILES string of the molecule is O=C(Nc1ccc(S(=O)(=O)Nc2nccs2)cc1)c1ccc2cc[nH]c2c1. The van der Waals surface area contributed by atoms with E-state index in [1.807, 2.05) is 18.3 Å². The van der Waals surface area contributed by atoms with Gasteiger partial charge in [-0.25, -0.2) is 13.4 Å². The highest BCUT2D eigenvalue weighted by molar-refractivity contribution is 7.93. The third kappa shape index (κ3) is 3.69. The maximum absolute atomic E-state index is 12.4. The first-order valence-electron chi connectivity index (χ1n) is 7.92. The van der Waals surface area contributed by atoms with Crippen molar-refractivity contribution in [2.45, 2.75) is 4.90 Å². The van der Waals surface area contributed by atoms with E-state index < -0.39 is 10.0 Å². The Labute approximate surface area is 159 Å². The highest BCUT2D eigenvalue weighted by Crippen LogP contribution is 2.20. The van der Waals surface area contributed by atoms with Gasteiger partial charge in [0.1, 0.15) is 0 Å². The molecule has 0 spiro atoms. The van der Waals surface area contributed by atoms with Crippen molar-refractivity contribution in [2.24, 2.45) is 0 Å². The fourth-order valence-corrected chi connectivity index (χ4v) is 4.35. The van der Waals surface area contributed by atoms with Crippen LogP contribution in [0.25, 0.3) is 10.9 Å². The summed E-state index contributed by atoms with van der Waals surface area (Å²) in [4.78, 5) is 19.5. The third-order valence-electron chi connectivity index (χ3n) is 3.89. The van der Waals surface area contributed by atoms with E-state index >= 15 is 0 Å². The van der Waals surface area contributed by atoms with Crippen LogP contribution in [0.3, 0.4) is 0 Å². The molecule has 0 aliphatic heterocycles. The summed E-state index contributed by atoms with van der Waals surface area (Å²) >= 11 is 1.19. The summed E-state index contributed by atoms with van der Waals surface area (Å²) in [7, 11) is -3.72. The number of anilines is 2. The number of carbonyl (C=O) groups excluding carboxylic acids is 1. The molecule has 7 nitrogen and oxygen atoms in total. The van der Waals surface area contributed by atoms with Crippen molar-refractivity contribution < 1.29 is 13.2 Å². The average Bonchev–Trinajstić information content (AvgIpc) is 3.32. The molecule has 2 heterocycles. The fourth-order valence-electron chi connectivity index (χ4n) is 2.56. The van der Waals surface area contributed by atoms with E-state index in [9.17, 15) is 13.2 Å². The van der Waals surface area contributed by atoms with E-state index in [1.165, 1.54) is 29.7 Å². The van der Waals surface area contributed by atoms with Gasteiger partial charge in [-0.1, -0.05) is 6.07 Å². The van der Waals surface area contributed by atoms with Gasteiger partial charge < -0.3 is 10.3 Å². The Morgan fingerprint density at radius 3 is 2.63 bits per heavy atom. The molecule has 2 aromatic carbocycles. The Morgan fingerprint density at radius 2 is 1.89 bits per heavy atom. The number of thiazole rings is 1. The highest BCUT2D eigenvalue weighted by Gasteiger charge is 2.15. The second-order valence-electron chi connectivity index (χ2n) is 5.70. The van der Waals surface area contributed by atoms with Crippen molar-refractivity contribution in [2.75, 3.05) is 10.0 Å². The van der Waals surface area contributed by atoms with Gasteiger partial charge in [-0.15, -0.1) is 11.3 Å². The van der Waals surface area contributed by atoms with Crippen molar-refractivity contribution in [1.82, 2.24) is 9.97 Å². The fraction of sp³-hybridized carbons (Fsp3) is 0. The molecule has 1 amide bonds. The molecular weight excluding hydrogens is 384 g/mol. The number of hydrogen-bond acceptors (Lipinski definition) is 5. The Hall–Kier alpha value is -3.17. The van der Waals surface area contributed by atoms with Gasteiger partial charge in [-0.05, 0) is 47.9 Å². The number of amides is 1. The molecule has 0 aliphatic carbocycles. The molecule has 0 bridgehead atoms. The molecule has 9 heteroatoms. The third-order valence-corrected chi connectivity index (χ3v) is 6.07. The second-order valence-corrected chi connectivity index (χ2v) is 8.28. The summed E-state index contributed by atoms with van der Waals surface area (Å²) in [5, 5.41) is 5.76. The van der Waals surface area contributed by atoms with Gasteiger partial charge in [0.2, 0.25) is 0 Å². The lowest BCUT2D eigenvalue weighted by Crippen LogP contribution is -2.14. The first-order chi connectivity index (χ1) is 13.0. The summed E-state index contributed by atoms with van der Waals surface area (Å²) in [6.07, 6.45) is 3.33. The largest absolute Gasteiger partial charge is 0.361 e. The minimum atomic E-state index is -3.72. The van der Waals surface area contributed by atoms with E-state index in [0.717, 1.165) is 10.9 Å². The second kappa shape index (κ2) is 6.86. The van der Waals surface area contributed by atoms with Crippen molar-refractivity contribution in [3.05, 3.63) is 71.9 Å². The molecule has 0 saturated heterocycles. The number of sulfonamides is 1. The quantitative estimate of drug-likeness (QED) is 0.477. The molecule has 2 aromatic heterocycles. The maximum Gasteiger partial charge on any atom is 0.263 e. The van der Waals surface area contributed by atoms with Crippen molar-refractivity contribution in [1.29, 1.82) is 0 Å². The van der Waals surface area contributed by atoms with Crippen LogP contribution in [0.1, 0.15) is 10.4 Å². The number of hydrogen-bond donors (Lipinski definition) is 3. The van der Waals surface area contributed by atoms with Crippen LogP contribution in [-0.4, -0.2) is 24.3 Å². The van der Waals surface area contributed by atoms with Crippen LogP contribution in [0.15, 0.2) is 71.2 Å². The van der Waals surface area contributed by atoms with Gasteiger partial charge >= 0.3 is 0 Å². The van der Waals surface area contributed by atoms with Gasteiger partial charge in [0.15, 0.2) is 5.13 Å². The van der Waals surface area contributed by atoms with E-state index in [-0.39, 0.29) is 10.8 Å². The normalized spacial score (nSPS) is 11.4. The summed E-state index contributed by atoms with van der Waals surface area (Å²) in [6, 6.07) is 13.2. The number of aromatic nitrogens is 2. The minimum absolute atomic E-state index is 0.0866. The Balaban J connectivity index is 1.49. The number of nitrogens with zero attached hydrogens (tertiary/aromatic N) is 1. The highest BCUT2D eigenvalue weighted by atomic mass is 32.2. The number of nitrogens with one attached hydrogen (secondary N) is 3. The lowest BCUT2D eigenvalue weighted by atomic mass is 10.1. The monoisotopic (exact) mass is 398 g/mol. The van der Waals surface area contributed by atoms with Crippen LogP contribution < -0.4 is 10.0 Å². The Morgan fingerprint density at radius 1 is 1.07 bits per heavy atom. The number of aromatic amines is 1. The predicted molar refractivity (Wildman–Crippen MR) is 106 cm³/mol. The number of H-pyrrole nitrogens is 1. The molecule has 0 atom stereocenters. The van der Waals surface area contributed by atoms with Crippen molar-refractivity contribution in [3.8, 4) is 0 Å². The van der Waals surface area contributed by atoms with E-state index in [2.05, 4.69) is 20.0 Å². The molecule has 0 aliphatic rings. The standard InChI is InChI=1S/C18H14N4O3S2/c23-17(13-2-1-12-7-8-19-16(12)11-13)21-14-3-5-15(6-4-14)27(24,25)22-18-20-9-10-26-18/h1-11,19H,(H,20,22)(H,21,23). The molecule has 0 saturated carbocycles. The van der Waals surface area contributed by atoms with Crippen molar-refractivity contribution in [3.63, 3.8) is 0 Å². The van der Waals surface area contributed by atoms with E-state index in [1.54, 1.807) is 29.6 Å². The molecular formula is C18H14N4O3S2. The van der Waals surface area contributed by atoms with E-state index in [0.29, 0.717) is 16.4 Å². The molecule has 3 N–H and O–H groups in total. The van der Waals surface area contributed by atoms with E-state index in [4.69, 9.17) is 0 Å². The first-order valence-corrected chi connectivity index (χ1v) is 10.3. The van der Waals surface area contributed by atoms with Crippen LogP contribution in [-0.2, 0) is 10.0 Å². The number of fused-ring (bicyclic) bond motifs is 1. The van der Waals surface area contributed by atoms with Gasteiger partial charge in [0, 0.05) is 34.5 Å². The zero-order valence-electron chi connectivity index (χ0n) is 13.8. The lowest BCUT2D eigenvalue weighted by molar-refractivity contribution is 0.102. The topological polar surface area (TPSA) is 104 Å². The summed E-state index contributed by atoms with van der Waals surface area (Å²) in [5.74, 6) is -0.275. The molecule has 0 radical (unpaired) electrons. The minimum Gasteiger partial charge on any atom is -0.361 e. The van der Waals surface area contributed by atoms with Crippen LogP contribution in [0.4, 0.5) is 10.8 Å². The Kier molecular flexibility index (Phi) is 4.38.